The molecule has 1 heterocycles. The number of benzene rings is 1. The third kappa shape index (κ3) is 3.07. The van der Waals surface area contributed by atoms with E-state index in [2.05, 4.69) is 0 Å². The standard InChI is InChI=1S/C14H14Cl2OS/c1-8-5-12(9(2)18-8)14(17)6-10-3-4-11(15)7-13(10)16/h3-5,7,14,17H,6H2,1-2H3. The molecule has 1 unspecified atom stereocenters. The van der Waals surface area contributed by atoms with Gasteiger partial charge in [-0.3, -0.25) is 0 Å². The van der Waals surface area contributed by atoms with Crippen LogP contribution < -0.4 is 0 Å². The van der Waals surface area contributed by atoms with Gasteiger partial charge in [0.1, 0.15) is 0 Å². The number of thiophene rings is 1. The van der Waals surface area contributed by atoms with Crippen molar-refractivity contribution in [1.29, 1.82) is 0 Å². The summed E-state index contributed by atoms with van der Waals surface area (Å²) in [7, 11) is 0. The zero-order chi connectivity index (χ0) is 13.3. The lowest BCUT2D eigenvalue weighted by molar-refractivity contribution is 0.178. The largest absolute Gasteiger partial charge is 0.388 e. The van der Waals surface area contributed by atoms with Crippen LogP contribution in [0.1, 0.15) is 27.0 Å². The molecule has 4 heteroatoms. The quantitative estimate of drug-likeness (QED) is 0.850. The number of aryl methyl sites for hydroxylation is 2. The number of aliphatic hydroxyl groups excluding tert-OH is 1. The smallest absolute Gasteiger partial charge is 0.0841 e. The first-order valence-corrected chi connectivity index (χ1v) is 7.23. The minimum absolute atomic E-state index is 0.507. The molecule has 2 rings (SSSR count). The van der Waals surface area contributed by atoms with Gasteiger partial charge in [0.2, 0.25) is 0 Å². The van der Waals surface area contributed by atoms with Gasteiger partial charge in [-0.25, -0.2) is 0 Å². The van der Waals surface area contributed by atoms with Crippen molar-refractivity contribution < 1.29 is 5.11 Å². The highest BCUT2D eigenvalue weighted by atomic mass is 35.5. The molecule has 1 nitrogen and oxygen atoms in total. The Bertz CT molecular complexity index is 563. The van der Waals surface area contributed by atoms with Crippen LogP contribution >= 0.6 is 34.5 Å². The Balaban J connectivity index is 2.21. The molecule has 96 valence electrons. The number of rotatable bonds is 3. The maximum Gasteiger partial charge on any atom is 0.0841 e. The molecule has 0 amide bonds. The Labute approximate surface area is 121 Å². The Hall–Kier alpha value is -0.540. The second-order valence-corrected chi connectivity index (χ2v) is 6.63. The lowest BCUT2D eigenvalue weighted by Crippen LogP contribution is -2.02. The van der Waals surface area contributed by atoms with Crippen molar-refractivity contribution in [3.63, 3.8) is 0 Å². The van der Waals surface area contributed by atoms with Gasteiger partial charge in [0.15, 0.2) is 0 Å². The Morgan fingerprint density at radius 3 is 2.50 bits per heavy atom. The summed E-state index contributed by atoms with van der Waals surface area (Å²) in [6.07, 6.45) is -0.0128. The fraction of sp³-hybridized carbons (Fsp3) is 0.286. The van der Waals surface area contributed by atoms with E-state index in [9.17, 15) is 5.11 Å². The van der Waals surface area contributed by atoms with Crippen molar-refractivity contribution in [1.82, 2.24) is 0 Å². The van der Waals surface area contributed by atoms with E-state index in [1.54, 1.807) is 23.5 Å². The molecule has 1 atom stereocenters. The Kier molecular flexibility index (Phi) is 4.33. The first-order valence-electron chi connectivity index (χ1n) is 5.66. The minimum Gasteiger partial charge on any atom is -0.388 e. The van der Waals surface area contributed by atoms with Gasteiger partial charge < -0.3 is 5.11 Å². The van der Waals surface area contributed by atoms with E-state index in [0.29, 0.717) is 16.5 Å². The summed E-state index contributed by atoms with van der Waals surface area (Å²) in [6.45, 7) is 4.07. The topological polar surface area (TPSA) is 20.2 Å². The van der Waals surface area contributed by atoms with Crippen molar-refractivity contribution in [3.05, 3.63) is 55.2 Å². The normalized spacial score (nSPS) is 12.7. The molecule has 1 aromatic carbocycles. The molecule has 0 aliphatic heterocycles. The summed E-state index contributed by atoms with van der Waals surface area (Å²) in [5.41, 5.74) is 1.90. The highest BCUT2D eigenvalue weighted by Gasteiger charge is 2.15. The van der Waals surface area contributed by atoms with E-state index in [1.807, 2.05) is 26.0 Å². The van der Waals surface area contributed by atoms with Crippen LogP contribution in [0.5, 0.6) is 0 Å². The fourth-order valence-corrected chi connectivity index (χ4v) is 3.45. The van der Waals surface area contributed by atoms with E-state index in [1.165, 1.54) is 4.88 Å². The molecular formula is C14H14Cl2OS. The van der Waals surface area contributed by atoms with Crippen LogP contribution in [0, 0.1) is 13.8 Å². The molecule has 0 fully saturated rings. The van der Waals surface area contributed by atoms with Crippen molar-refractivity contribution >= 4 is 34.5 Å². The summed E-state index contributed by atoms with van der Waals surface area (Å²) in [4.78, 5) is 2.37. The van der Waals surface area contributed by atoms with E-state index >= 15 is 0 Å². The van der Waals surface area contributed by atoms with Crippen LogP contribution in [0.4, 0.5) is 0 Å². The highest BCUT2D eigenvalue weighted by molar-refractivity contribution is 7.12. The van der Waals surface area contributed by atoms with Crippen LogP contribution in [-0.4, -0.2) is 5.11 Å². The van der Waals surface area contributed by atoms with Gasteiger partial charge in [0.25, 0.3) is 0 Å². The number of hydrogen-bond donors (Lipinski definition) is 1. The van der Waals surface area contributed by atoms with Gasteiger partial charge >= 0.3 is 0 Å². The zero-order valence-corrected chi connectivity index (χ0v) is 12.5. The summed E-state index contributed by atoms with van der Waals surface area (Å²) in [6, 6.07) is 7.40. The molecule has 1 N–H and O–H groups in total. The van der Waals surface area contributed by atoms with Crippen molar-refractivity contribution in [2.45, 2.75) is 26.4 Å². The SMILES string of the molecule is Cc1cc(C(O)Cc2ccc(Cl)cc2Cl)c(C)s1. The van der Waals surface area contributed by atoms with E-state index in [4.69, 9.17) is 23.2 Å². The second-order valence-electron chi connectivity index (χ2n) is 4.32. The Morgan fingerprint density at radius 2 is 1.94 bits per heavy atom. The average molecular weight is 301 g/mol. The van der Waals surface area contributed by atoms with E-state index in [0.717, 1.165) is 16.0 Å². The molecular weight excluding hydrogens is 287 g/mol. The molecule has 0 spiro atoms. The molecule has 0 bridgehead atoms. The minimum atomic E-state index is -0.520. The number of hydrogen-bond acceptors (Lipinski definition) is 2. The molecule has 18 heavy (non-hydrogen) atoms. The number of aliphatic hydroxyl groups is 1. The molecule has 2 aromatic rings. The average Bonchev–Trinajstić information content (AvgIpc) is 2.62. The van der Waals surface area contributed by atoms with Gasteiger partial charge in [0, 0.05) is 26.2 Å². The third-order valence-corrected chi connectivity index (χ3v) is 4.44. The van der Waals surface area contributed by atoms with E-state index in [-0.39, 0.29) is 0 Å². The molecule has 0 radical (unpaired) electrons. The lowest BCUT2D eigenvalue weighted by Gasteiger charge is -2.12. The third-order valence-electron chi connectivity index (χ3n) is 2.87. The van der Waals surface area contributed by atoms with Gasteiger partial charge in [-0.2, -0.15) is 0 Å². The van der Waals surface area contributed by atoms with E-state index < -0.39 is 6.10 Å². The van der Waals surface area contributed by atoms with Gasteiger partial charge in [-0.05, 0) is 43.2 Å². The maximum absolute atomic E-state index is 10.3. The van der Waals surface area contributed by atoms with Gasteiger partial charge in [-0.1, -0.05) is 29.3 Å². The van der Waals surface area contributed by atoms with Gasteiger partial charge in [0.05, 0.1) is 6.10 Å². The summed E-state index contributed by atoms with van der Waals surface area (Å²) in [5.74, 6) is 0. The number of halogens is 2. The van der Waals surface area contributed by atoms with Crippen LogP contribution in [0.2, 0.25) is 10.0 Å². The predicted octanol–water partition coefficient (Wildman–Crippen LogP) is 4.95. The van der Waals surface area contributed by atoms with Crippen LogP contribution in [0.3, 0.4) is 0 Å². The molecule has 0 aliphatic carbocycles. The van der Waals surface area contributed by atoms with Crippen molar-refractivity contribution in [3.8, 4) is 0 Å². The summed E-state index contributed by atoms with van der Waals surface area (Å²) in [5, 5.41) is 11.5. The Morgan fingerprint density at radius 1 is 1.22 bits per heavy atom. The van der Waals surface area contributed by atoms with Crippen LogP contribution in [0.15, 0.2) is 24.3 Å². The first kappa shape index (κ1) is 13.9. The lowest BCUT2D eigenvalue weighted by atomic mass is 10.0. The molecule has 0 saturated heterocycles. The predicted molar refractivity (Wildman–Crippen MR) is 78.9 cm³/mol. The van der Waals surface area contributed by atoms with Crippen molar-refractivity contribution in [2.75, 3.05) is 0 Å². The molecule has 1 aromatic heterocycles. The zero-order valence-electron chi connectivity index (χ0n) is 10.2. The van der Waals surface area contributed by atoms with Crippen molar-refractivity contribution in [2.24, 2.45) is 0 Å². The maximum atomic E-state index is 10.3. The summed E-state index contributed by atoms with van der Waals surface area (Å²) < 4.78 is 0. The summed E-state index contributed by atoms with van der Waals surface area (Å²) >= 11 is 13.7. The monoisotopic (exact) mass is 300 g/mol. The van der Waals surface area contributed by atoms with Crippen LogP contribution in [-0.2, 0) is 6.42 Å². The fourth-order valence-electron chi connectivity index (χ4n) is 1.99. The van der Waals surface area contributed by atoms with Crippen LogP contribution in [0.25, 0.3) is 0 Å². The molecule has 0 aliphatic rings. The second kappa shape index (κ2) is 5.62. The highest BCUT2D eigenvalue weighted by Crippen LogP contribution is 2.30. The molecule has 0 saturated carbocycles. The van der Waals surface area contributed by atoms with Gasteiger partial charge in [-0.15, -0.1) is 11.3 Å². The first-order chi connectivity index (χ1) is 8.47.